The van der Waals surface area contributed by atoms with Crippen LogP contribution in [0, 0.1) is 0 Å². The van der Waals surface area contributed by atoms with E-state index in [9.17, 15) is 9.90 Å². The molecule has 0 aliphatic carbocycles. The lowest BCUT2D eigenvalue weighted by Crippen LogP contribution is -2.42. The van der Waals surface area contributed by atoms with Gasteiger partial charge in [0.25, 0.3) is 0 Å². The lowest BCUT2D eigenvalue weighted by atomic mass is 9.96. The number of halogens is 1. The quantitative estimate of drug-likeness (QED) is 0.886. The molecule has 1 amide bonds. The van der Waals surface area contributed by atoms with Crippen LogP contribution in [-0.4, -0.2) is 30.3 Å². The second-order valence-corrected chi connectivity index (χ2v) is 5.38. The summed E-state index contributed by atoms with van der Waals surface area (Å²) in [6, 6.07) is 7.07. The maximum absolute atomic E-state index is 11.8. The Morgan fingerprint density at radius 2 is 2.32 bits per heavy atom. The van der Waals surface area contributed by atoms with Gasteiger partial charge in [-0.05, 0) is 25.8 Å². The molecule has 2 N–H and O–H groups in total. The molecule has 19 heavy (non-hydrogen) atoms. The molecule has 1 aromatic carbocycles. The molecule has 0 radical (unpaired) electrons. The molecule has 0 aromatic heterocycles. The van der Waals surface area contributed by atoms with Crippen molar-refractivity contribution in [2.24, 2.45) is 0 Å². The Balaban J connectivity index is 1.97. The number of carbonyl (C=O) groups is 1. The third-order valence-corrected chi connectivity index (χ3v) is 3.61. The van der Waals surface area contributed by atoms with Gasteiger partial charge in [0.1, 0.15) is 11.7 Å². The van der Waals surface area contributed by atoms with E-state index in [0.29, 0.717) is 17.2 Å². The number of rotatable bonds is 4. The third kappa shape index (κ3) is 3.47. The van der Waals surface area contributed by atoms with Gasteiger partial charge < -0.3 is 15.2 Å². The largest absolute Gasteiger partial charge is 0.384 e. The van der Waals surface area contributed by atoms with E-state index in [0.717, 1.165) is 12.8 Å². The van der Waals surface area contributed by atoms with Gasteiger partial charge in [-0.2, -0.15) is 0 Å². The highest BCUT2D eigenvalue weighted by Gasteiger charge is 2.29. The van der Waals surface area contributed by atoms with E-state index in [-0.39, 0.29) is 18.6 Å². The number of aliphatic hydroxyl groups is 1. The van der Waals surface area contributed by atoms with Crippen LogP contribution in [0.3, 0.4) is 0 Å². The normalized spacial score (nSPS) is 21.9. The maximum Gasteiger partial charge on any atom is 0.249 e. The number of hydrogen-bond acceptors (Lipinski definition) is 3. The molecule has 1 aromatic rings. The molecule has 1 heterocycles. The fraction of sp³-hybridized carbons (Fsp3) is 0.500. The molecule has 104 valence electrons. The molecule has 1 aliphatic heterocycles. The Hall–Kier alpha value is -1.10. The molecule has 0 bridgehead atoms. The van der Waals surface area contributed by atoms with Crippen LogP contribution in [0.4, 0.5) is 0 Å². The van der Waals surface area contributed by atoms with Gasteiger partial charge in [-0.15, -0.1) is 0 Å². The zero-order valence-electron chi connectivity index (χ0n) is 10.9. The zero-order valence-corrected chi connectivity index (χ0v) is 11.6. The number of amides is 1. The van der Waals surface area contributed by atoms with Crippen molar-refractivity contribution in [3.8, 4) is 0 Å². The van der Waals surface area contributed by atoms with Crippen LogP contribution in [0.15, 0.2) is 24.3 Å². The lowest BCUT2D eigenvalue weighted by Gasteiger charge is -2.25. The van der Waals surface area contributed by atoms with Crippen molar-refractivity contribution in [2.45, 2.75) is 31.5 Å². The zero-order chi connectivity index (χ0) is 13.9. The Kier molecular flexibility index (Phi) is 4.45. The van der Waals surface area contributed by atoms with E-state index in [1.165, 1.54) is 0 Å². The molecule has 0 spiro atoms. The van der Waals surface area contributed by atoms with Crippen molar-refractivity contribution in [3.63, 3.8) is 0 Å². The molecule has 1 unspecified atom stereocenters. The fourth-order valence-electron chi connectivity index (χ4n) is 2.15. The smallest absolute Gasteiger partial charge is 0.249 e. The Labute approximate surface area is 117 Å². The first-order chi connectivity index (χ1) is 9.00. The molecule has 4 nitrogen and oxygen atoms in total. The first-order valence-electron chi connectivity index (χ1n) is 6.37. The highest BCUT2D eigenvalue weighted by atomic mass is 35.5. The van der Waals surface area contributed by atoms with Crippen LogP contribution < -0.4 is 5.32 Å². The molecule has 2 atom stereocenters. The summed E-state index contributed by atoms with van der Waals surface area (Å²) in [5.74, 6) is -0.176. The summed E-state index contributed by atoms with van der Waals surface area (Å²) in [6.45, 7) is 2.36. The minimum absolute atomic E-state index is 0.107. The van der Waals surface area contributed by atoms with E-state index in [1.807, 2.05) is 0 Å². The predicted molar refractivity (Wildman–Crippen MR) is 73.0 cm³/mol. The van der Waals surface area contributed by atoms with Gasteiger partial charge in [0, 0.05) is 17.2 Å². The first kappa shape index (κ1) is 14.3. The average molecular weight is 284 g/mol. The van der Waals surface area contributed by atoms with Crippen molar-refractivity contribution >= 4 is 17.5 Å². The summed E-state index contributed by atoms with van der Waals surface area (Å²) >= 11 is 6.05. The van der Waals surface area contributed by atoms with Crippen LogP contribution in [0.25, 0.3) is 0 Å². The van der Waals surface area contributed by atoms with Crippen molar-refractivity contribution in [1.82, 2.24) is 5.32 Å². The number of carbonyl (C=O) groups excluding carboxylic acids is 1. The Morgan fingerprint density at radius 1 is 1.58 bits per heavy atom. The molecular formula is C14H18ClNO3. The van der Waals surface area contributed by atoms with E-state index < -0.39 is 5.60 Å². The molecule has 2 rings (SSSR count). The van der Waals surface area contributed by atoms with Gasteiger partial charge in [0.05, 0.1) is 6.54 Å². The molecule has 1 fully saturated rings. The van der Waals surface area contributed by atoms with Crippen LogP contribution in [0.5, 0.6) is 0 Å². The topological polar surface area (TPSA) is 58.6 Å². The van der Waals surface area contributed by atoms with Crippen molar-refractivity contribution in [2.75, 3.05) is 13.2 Å². The van der Waals surface area contributed by atoms with E-state index >= 15 is 0 Å². The van der Waals surface area contributed by atoms with Crippen molar-refractivity contribution in [1.29, 1.82) is 0 Å². The van der Waals surface area contributed by atoms with Gasteiger partial charge >= 0.3 is 0 Å². The summed E-state index contributed by atoms with van der Waals surface area (Å²) < 4.78 is 5.29. The second-order valence-electron chi connectivity index (χ2n) is 4.97. The van der Waals surface area contributed by atoms with Crippen LogP contribution in [-0.2, 0) is 15.1 Å². The summed E-state index contributed by atoms with van der Waals surface area (Å²) in [5, 5.41) is 13.6. The summed E-state index contributed by atoms with van der Waals surface area (Å²) in [5.41, 5.74) is -0.601. The summed E-state index contributed by atoms with van der Waals surface area (Å²) in [6.07, 6.45) is 1.25. The van der Waals surface area contributed by atoms with E-state index in [2.05, 4.69) is 5.32 Å². The van der Waals surface area contributed by atoms with Gasteiger partial charge in [0.15, 0.2) is 0 Å². The Morgan fingerprint density at radius 3 is 2.95 bits per heavy atom. The predicted octanol–water partition coefficient (Wildman–Crippen LogP) is 1.84. The van der Waals surface area contributed by atoms with Gasteiger partial charge in [0.2, 0.25) is 5.91 Å². The molecular weight excluding hydrogens is 266 g/mol. The highest BCUT2D eigenvalue weighted by Crippen LogP contribution is 2.27. The summed E-state index contributed by atoms with van der Waals surface area (Å²) in [4.78, 5) is 11.8. The monoisotopic (exact) mass is 283 g/mol. The maximum atomic E-state index is 11.8. The molecule has 1 saturated heterocycles. The minimum Gasteiger partial charge on any atom is -0.384 e. The van der Waals surface area contributed by atoms with Gasteiger partial charge in [-0.25, -0.2) is 0 Å². The molecule has 5 heteroatoms. The fourth-order valence-corrected chi connectivity index (χ4v) is 2.49. The van der Waals surface area contributed by atoms with E-state index in [1.54, 1.807) is 31.2 Å². The van der Waals surface area contributed by atoms with E-state index in [4.69, 9.17) is 16.3 Å². The van der Waals surface area contributed by atoms with Crippen LogP contribution in [0.1, 0.15) is 25.3 Å². The lowest BCUT2D eigenvalue weighted by molar-refractivity contribution is -0.131. The molecule has 1 aliphatic rings. The van der Waals surface area contributed by atoms with Crippen molar-refractivity contribution in [3.05, 3.63) is 34.9 Å². The minimum atomic E-state index is -1.20. The van der Waals surface area contributed by atoms with Gasteiger partial charge in [-0.1, -0.05) is 29.8 Å². The number of benzene rings is 1. The number of nitrogens with one attached hydrogen (secondary N) is 1. The van der Waals surface area contributed by atoms with Crippen LogP contribution in [0.2, 0.25) is 5.02 Å². The molecule has 0 saturated carbocycles. The SMILES string of the molecule is CC(O)(CNC(=O)[C@@H]1CCCO1)c1ccccc1Cl. The summed E-state index contributed by atoms with van der Waals surface area (Å²) in [7, 11) is 0. The van der Waals surface area contributed by atoms with Crippen LogP contribution >= 0.6 is 11.6 Å². The standard InChI is InChI=1S/C14H18ClNO3/c1-14(18,10-5-2-3-6-11(10)15)9-16-13(17)12-7-4-8-19-12/h2-3,5-6,12,18H,4,7-9H2,1H3,(H,16,17)/t12-,14?/m0/s1. The highest BCUT2D eigenvalue weighted by molar-refractivity contribution is 6.31. The van der Waals surface area contributed by atoms with Crippen molar-refractivity contribution < 1.29 is 14.6 Å². The number of ether oxygens (including phenoxy) is 1. The van der Waals surface area contributed by atoms with Gasteiger partial charge in [-0.3, -0.25) is 4.79 Å². The number of hydrogen-bond donors (Lipinski definition) is 2. The third-order valence-electron chi connectivity index (χ3n) is 3.28. The Bertz CT molecular complexity index is 456. The average Bonchev–Trinajstić information content (AvgIpc) is 2.90. The first-order valence-corrected chi connectivity index (χ1v) is 6.75. The second kappa shape index (κ2) is 5.90.